The zero-order valence-corrected chi connectivity index (χ0v) is 9.20. The van der Waals surface area contributed by atoms with E-state index in [0.717, 1.165) is 25.9 Å². The third-order valence-electron chi connectivity index (χ3n) is 3.55. The third-order valence-corrected chi connectivity index (χ3v) is 3.55. The van der Waals surface area contributed by atoms with E-state index in [-0.39, 0.29) is 5.41 Å². The van der Waals surface area contributed by atoms with Gasteiger partial charge in [-0.1, -0.05) is 30.3 Å². The molecule has 1 aliphatic rings. The Bertz CT molecular complexity index is 339. The quantitative estimate of drug-likeness (QED) is 0.762. The molecule has 1 aromatic rings. The van der Waals surface area contributed by atoms with E-state index < -0.39 is 0 Å². The summed E-state index contributed by atoms with van der Waals surface area (Å²) >= 11 is 0. The minimum atomic E-state index is -0.198. The maximum atomic E-state index is 11.9. The van der Waals surface area contributed by atoms with Gasteiger partial charge in [-0.25, -0.2) is 0 Å². The average molecular weight is 204 g/mol. The second-order valence-electron chi connectivity index (χ2n) is 4.37. The summed E-state index contributed by atoms with van der Waals surface area (Å²) in [6, 6.07) is 10.2. The first-order valence-corrected chi connectivity index (χ1v) is 5.64. The van der Waals surface area contributed by atoms with Crippen LogP contribution in [0.2, 0.25) is 0 Å². The van der Waals surface area contributed by atoms with Crippen molar-refractivity contribution < 1.29 is 10.1 Å². The number of Topliss-reactive ketones (excluding diaryl/α,β-unsaturated/α-hetero) is 1. The number of carbonyl (C=O) groups excluding carboxylic acids is 1. The molecule has 2 heteroatoms. The molecule has 2 rings (SSSR count). The minimum absolute atomic E-state index is 0.198. The standard InChI is InChI=1S/C13H17NO/c1-11(15)13(7-9-14-10-8-13)12-5-3-2-4-6-12/h2-6,14H,7-10H2,1H3/p+1. The SMILES string of the molecule is CC(=O)C1(c2ccccc2)CC[NH2+]CC1. The normalized spacial score (nSPS) is 19.8. The molecule has 0 saturated carbocycles. The fourth-order valence-corrected chi connectivity index (χ4v) is 2.57. The molecule has 1 fully saturated rings. The van der Waals surface area contributed by atoms with Crippen molar-refractivity contribution in [2.75, 3.05) is 13.1 Å². The highest BCUT2D eigenvalue weighted by atomic mass is 16.1. The summed E-state index contributed by atoms with van der Waals surface area (Å²) in [5.41, 5.74) is 1.00. The van der Waals surface area contributed by atoms with Gasteiger partial charge in [0.15, 0.2) is 0 Å². The molecule has 0 amide bonds. The molecule has 0 spiro atoms. The molecule has 0 unspecified atom stereocenters. The van der Waals surface area contributed by atoms with Crippen molar-refractivity contribution in [2.45, 2.75) is 25.2 Å². The lowest BCUT2D eigenvalue weighted by molar-refractivity contribution is -0.664. The number of hydrogen-bond acceptors (Lipinski definition) is 1. The maximum Gasteiger partial charge on any atom is 0.140 e. The van der Waals surface area contributed by atoms with Gasteiger partial charge in [0.05, 0.1) is 18.5 Å². The average Bonchev–Trinajstić information content (AvgIpc) is 2.31. The number of rotatable bonds is 2. The van der Waals surface area contributed by atoms with Crippen molar-refractivity contribution in [3.05, 3.63) is 35.9 Å². The number of nitrogens with two attached hydrogens (primary N) is 1. The van der Waals surface area contributed by atoms with Gasteiger partial charge in [0.25, 0.3) is 0 Å². The van der Waals surface area contributed by atoms with E-state index in [9.17, 15) is 4.79 Å². The summed E-state index contributed by atoms with van der Waals surface area (Å²) in [4.78, 5) is 11.9. The van der Waals surface area contributed by atoms with Crippen LogP contribution in [0.25, 0.3) is 0 Å². The van der Waals surface area contributed by atoms with Crippen LogP contribution in [0.4, 0.5) is 0 Å². The number of piperidine rings is 1. The molecule has 0 atom stereocenters. The molecule has 1 aliphatic heterocycles. The van der Waals surface area contributed by atoms with E-state index in [2.05, 4.69) is 17.4 Å². The van der Waals surface area contributed by atoms with E-state index >= 15 is 0 Å². The molecule has 15 heavy (non-hydrogen) atoms. The smallest absolute Gasteiger partial charge is 0.140 e. The van der Waals surface area contributed by atoms with E-state index in [4.69, 9.17) is 0 Å². The summed E-state index contributed by atoms with van der Waals surface area (Å²) in [7, 11) is 0. The molecule has 1 saturated heterocycles. The number of hydrogen-bond donors (Lipinski definition) is 1. The van der Waals surface area contributed by atoms with Gasteiger partial charge in [-0.15, -0.1) is 0 Å². The Balaban J connectivity index is 2.38. The summed E-state index contributed by atoms with van der Waals surface area (Å²) in [5.74, 6) is 0.321. The number of benzene rings is 1. The predicted molar refractivity (Wildman–Crippen MR) is 59.7 cm³/mol. The molecule has 1 aromatic carbocycles. The van der Waals surface area contributed by atoms with Crippen molar-refractivity contribution in [1.29, 1.82) is 0 Å². The van der Waals surface area contributed by atoms with Gasteiger partial charge < -0.3 is 5.32 Å². The van der Waals surface area contributed by atoms with Crippen LogP contribution in [0.15, 0.2) is 30.3 Å². The molecular formula is C13H18NO+. The highest BCUT2D eigenvalue weighted by molar-refractivity contribution is 5.88. The fraction of sp³-hybridized carbons (Fsp3) is 0.462. The van der Waals surface area contributed by atoms with Crippen LogP contribution in [0.3, 0.4) is 0 Å². The molecule has 0 aliphatic carbocycles. The Hall–Kier alpha value is -1.15. The fourth-order valence-electron chi connectivity index (χ4n) is 2.57. The van der Waals surface area contributed by atoms with E-state index in [1.165, 1.54) is 5.56 Å². The lowest BCUT2D eigenvalue weighted by Gasteiger charge is -2.34. The lowest BCUT2D eigenvalue weighted by atomic mass is 9.70. The van der Waals surface area contributed by atoms with Crippen LogP contribution in [-0.2, 0) is 10.2 Å². The van der Waals surface area contributed by atoms with Crippen LogP contribution in [0, 0.1) is 0 Å². The zero-order valence-electron chi connectivity index (χ0n) is 9.20. The lowest BCUT2D eigenvalue weighted by Crippen LogP contribution is -2.87. The van der Waals surface area contributed by atoms with Crippen molar-refractivity contribution in [2.24, 2.45) is 0 Å². The Morgan fingerprint density at radius 2 is 1.80 bits per heavy atom. The van der Waals surface area contributed by atoms with Crippen molar-refractivity contribution in [3.8, 4) is 0 Å². The molecule has 2 N–H and O–H groups in total. The van der Waals surface area contributed by atoms with Gasteiger partial charge in [0.2, 0.25) is 0 Å². The molecule has 0 radical (unpaired) electrons. The highest BCUT2D eigenvalue weighted by Crippen LogP contribution is 2.32. The van der Waals surface area contributed by atoms with Crippen LogP contribution in [0.1, 0.15) is 25.3 Å². The number of quaternary nitrogens is 1. The molecular weight excluding hydrogens is 186 g/mol. The van der Waals surface area contributed by atoms with Crippen molar-refractivity contribution >= 4 is 5.78 Å². The number of carbonyl (C=O) groups is 1. The second-order valence-corrected chi connectivity index (χ2v) is 4.37. The summed E-state index contributed by atoms with van der Waals surface area (Å²) in [5, 5.41) is 2.30. The van der Waals surface area contributed by atoms with Gasteiger partial charge in [-0.05, 0) is 12.5 Å². The molecule has 1 heterocycles. The van der Waals surface area contributed by atoms with E-state index in [1.807, 2.05) is 18.2 Å². The molecule has 0 bridgehead atoms. The van der Waals surface area contributed by atoms with Crippen LogP contribution in [0.5, 0.6) is 0 Å². The third kappa shape index (κ3) is 1.82. The second kappa shape index (κ2) is 4.15. The Morgan fingerprint density at radius 1 is 1.20 bits per heavy atom. The van der Waals surface area contributed by atoms with Gasteiger partial charge in [0, 0.05) is 12.8 Å². The highest BCUT2D eigenvalue weighted by Gasteiger charge is 2.39. The predicted octanol–water partition coefficient (Wildman–Crippen LogP) is 0.871. The monoisotopic (exact) mass is 204 g/mol. The van der Waals surface area contributed by atoms with Crippen LogP contribution >= 0.6 is 0 Å². The Morgan fingerprint density at radius 3 is 2.33 bits per heavy atom. The topological polar surface area (TPSA) is 33.7 Å². The van der Waals surface area contributed by atoms with Gasteiger partial charge in [-0.3, -0.25) is 4.79 Å². The first kappa shape index (κ1) is 10.4. The van der Waals surface area contributed by atoms with E-state index in [1.54, 1.807) is 6.92 Å². The Kier molecular flexibility index (Phi) is 2.87. The van der Waals surface area contributed by atoms with Gasteiger partial charge >= 0.3 is 0 Å². The molecule has 2 nitrogen and oxygen atoms in total. The largest absolute Gasteiger partial charge is 0.346 e. The van der Waals surface area contributed by atoms with E-state index in [0.29, 0.717) is 5.78 Å². The van der Waals surface area contributed by atoms with Crippen molar-refractivity contribution in [3.63, 3.8) is 0 Å². The van der Waals surface area contributed by atoms with Gasteiger partial charge in [-0.2, -0.15) is 0 Å². The maximum absolute atomic E-state index is 11.9. The summed E-state index contributed by atoms with van der Waals surface area (Å²) in [6.45, 7) is 3.86. The number of ketones is 1. The first-order chi connectivity index (χ1) is 7.26. The van der Waals surface area contributed by atoms with Crippen LogP contribution in [-0.4, -0.2) is 18.9 Å². The first-order valence-electron chi connectivity index (χ1n) is 5.64. The van der Waals surface area contributed by atoms with Gasteiger partial charge in [0.1, 0.15) is 5.78 Å². The minimum Gasteiger partial charge on any atom is -0.346 e. The molecule has 80 valence electrons. The zero-order chi connectivity index (χ0) is 10.7. The van der Waals surface area contributed by atoms with Crippen LogP contribution < -0.4 is 5.32 Å². The summed E-state index contributed by atoms with van der Waals surface area (Å²) < 4.78 is 0. The Labute approximate surface area is 90.7 Å². The summed E-state index contributed by atoms with van der Waals surface area (Å²) in [6.07, 6.45) is 1.96. The molecule has 0 aromatic heterocycles. The van der Waals surface area contributed by atoms with Crippen molar-refractivity contribution in [1.82, 2.24) is 0 Å².